The molecule has 6 nitrogen and oxygen atoms in total. The number of carbonyl (C=O) groups excluding carboxylic acids is 2. The van der Waals surface area contributed by atoms with Crippen LogP contribution >= 0.6 is 0 Å². The van der Waals surface area contributed by atoms with Crippen molar-refractivity contribution in [3.8, 4) is 0 Å². The number of allylic oxidation sites excluding steroid dienone is 2. The van der Waals surface area contributed by atoms with Crippen LogP contribution in [-0.2, 0) is 9.59 Å². The summed E-state index contributed by atoms with van der Waals surface area (Å²) < 4.78 is 0. The molecule has 21 heavy (non-hydrogen) atoms. The number of hydrogen-bond donors (Lipinski definition) is 2. The van der Waals surface area contributed by atoms with Crippen molar-refractivity contribution in [1.82, 2.24) is 10.2 Å². The highest BCUT2D eigenvalue weighted by Crippen LogP contribution is 2.52. The molecule has 3 N–H and O–H groups in total. The van der Waals surface area contributed by atoms with E-state index in [0.29, 0.717) is 25.6 Å². The average molecular weight is 288 g/mol. The van der Waals surface area contributed by atoms with Gasteiger partial charge in [0.05, 0.1) is 18.4 Å². The minimum atomic E-state index is -0.132. The van der Waals surface area contributed by atoms with Gasteiger partial charge in [-0.1, -0.05) is 18.2 Å². The third-order valence-electron chi connectivity index (χ3n) is 4.59. The van der Waals surface area contributed by atoms with Gasteiger partial charge in [0.1, 0.15) is 0 Å². The first-order valence-electron chi connectivity index (χ1n) is 7.31. The largest absolute Gasteiger partial charge is 0.370 e. The van der Waals surface area contributed by atoms with E-state index >= 15 is 0 Å². The lowest BCUT2D eigenvalue weighted by Crippen LogP contribution is -2.36. The van der Waals surface area contributed by atoms with Gasteiger partial charge < -0.3 is 11.1 Å². The Bertz CT molecular complexity index is 510. The predicted octanol–water partition coefficient (Wildman–Crippen LogP) is -0.116. The molecule has 6 heteroatoms. The van der Waals surface area contributed by atoms with Gasteiger partial charge in [-0.3, -0.25) is 19.5 Å². The molecule has 3 rings (SSSR count). The van der Waals surface area contributed by atoms with E-state index in [-0.39, 0.29) is 35.5 Å². The molecule has 2 bridgehead atoms. The van der Waals surface area contributed by atoms with Gasteiger partial charge in [-0.25, -0.2) is 0 Å². The van der Waals surface area contributed by atoms with Crippen LogP contribution < -0.4 is 11.1 Å². The number of nitrogens with two attached hydrogens (primary N) is 1. The Morgan fingerprint density at radius 2 is 2.00 bits per heavy atom. The summed E-state index contributed by atoms with van der Waals surface area (Å²) >= 11 is 0. The molecule has 3 aliphatic rings. The Hall–Kier alpha value is -2.11. The number of fused-ring (bicyclic) bond motifs is 5. The van der Waals surface area contributed by atoms with Crippen molar-refractivity contribution in [1.29, 1.82) is 0 Å². The van der Waals surface area contributed by atoms with E-state index < -0.39 is 0 Å². The molecule has 0 aromatic rings. The van der Waals surface area contributed by atoms with Crippen molar-refractivity contribution in [3.63, 3.8) is 0 Å². The number of amides is 2. The Labute approximate surface area is 123 Å². The van der Waals surface area contributed by atoms with Crippen molar-refractivity contribution in [3.05, 3.63) is 24.8 Å². The second-order valence-corrected chi connectivity index (χ2v) is 5.76. The smallest absolute Gasteiger partial charge is 0.233 e. The number of nitrogens with one attached hydrogen (secondary N) is 1. The zero-order valence-electron chi connectivity index (χ0n) is 11.9. The lowest BCUT2D eigenvalue weighted by atomic mass is 9.85. The number of hydrogen-bond acceptors (Lipinski definition) is 3. The first-order valence-corrected chi connectivity index (χ1v) is 7.31. The van der Waals surface area contributed by atoms with Crippen LogP contribution in [0.1, 0.15) is 6.42 Å². The number of rotatable bonds is 5. The summed E-state index contributed by atoms with van der Waals surface area (Å²) in [6, 6.07) is 0. The molecule has 1 saturated carbocycles. The Balaban J connectivity index is 1.59. The first-order chi connectivity index (χ1) is 10.1. The number of carbonyl (C=O) groups is 2. The fourth-order valence-corrected chi connectivity index (χ4v) is 3.69. The fraction of sp³-hybridized carbons (Fsp3) is 0.533. The number of nitrogens with zero attached hydrogens (tertiary/aromatic N) is 2. The summed E-state index contributed by atoms with van der Waals surface area (Å²) in [7, 11) is 0. The maximum atomic E-state index is 12.4. The highest BCUT2D eigenvalue weighted by molar-refractivity contribution is 6.06. The highest BCUT2D eigenvalue weighted by atomic mass is 16.2. The second kappa shape index (κ2) is 5.35. The van der Waals surface area contributed by atoms with E-state index in [0.717, 1.165) is 6.42 Å². The molecule has 1 aliphatic heterocycles. The molecule has 0 spiro atoms. The lowest BCUT2D eigenvalue weighted by molar-refractivity contribution is -0.140. The Morgan fingerprint density at radius 3 is 2.57 bits per heavy atom. The van der Waals surface area contributed by atoms with Gasteiger partial charge in [0.25, 0.3) is 0 Å². The van der Waals surface area contributed by atoms with Gasteiger partial charge in [0.15, 0.2) is 5.96 Å². The third kappa shape index (κ3) is 2.24. The van der Waals surface area contributed by atoms with Crippen molar-refractivity contribution < 1.29 is 9.59 Å². The molecule has 2 aliphatic carbocycles. The standard InChI is InChI=1S/C15H20N4O2/c1-2-5-17-15(16)18-6-7-19-13(20)11-9-3-4-10(8-9)12(11)14(19)21/h2-4,9-12H,1,5-8H2,(H3,16,17,18). The summed E-state index contributed by atoms with van der Waals surface area (Å²) in [5.74, 6) is 0.481. The molecular formula is C15H20N4O2. The van der Waals surface area contributed by atoms with Crippen LogP contribution in [0.2, 0.25) is 0 Å². The van der Waals surface area contributed by atoms with Crippen LogP contribution in [0.4, 0.5) is 0 Å². The van der Waals surface area contributed by atoms with Gasteiger partial charge in [0.2, 0.25) is 11.8 Å². The Morgan fingerprint density at radius 1 is 1.38 bits per heavy atom. The minimum Gasteiger partial charge on any atom is -0.370 e. The fourth-order valence-electron chi connectivity index (χ4n) is 3.69. The molecule has 0 radical (unpaired) electrons. The summed E-state index contributed by atoms with van der Waals surface area (Å²) in [6.07, 6.45) is 6.82. The predicted molar refractivity (Wildman–Crippen MR) is 79.1 cm³/mol. The summed E-state index contributed by atoms with van der Waals surface area (Å²) in [4.78, 5) is 30.3. The number of aliphatic imine (C=N–C) groups is 1. The topological polar surface area (TPSA) is 87.8 Å². The van der Waals surface area contributed by atoms with E-state index in [1.807, 2.05) is 0 Å². The number of likely N-dealkylation sites (tertiary alicyclic amines) is 1. The minimum absolute atomic E-state index is 0.0327. The highest BCUT2D eigenvalue weighted by Gasteiger charge is 2.58. The molecule has 0 aromatic carbocycles. The van der Waals surface area contributed by atoms with E-state index in [4.69, 9.17) is 5.73 Å². The van der Waals surface area contributed by atoms with Crippen LogP contribution in [0.15, 0.2) is 29.8 Å². The number of guanidine groups is 1. The zero-order chi connectivity index (χ0) is 15.0. The van der Waals surface area contributed by atoms with Crippen molar-refractivity contribution in [2.75, 3.05) is 19.6 Å². The van der Waals surface area contributed by atoms with Crippen LogP contribution in [0.3, 0.4) is 0 Å². The summed E-state index contributed by atoms with van der Waals surface area (Å²) in [6.45, 7) is 4.74. The normalized spacial score (nSPS) is 33.7. The molecule has 1 heterocycles. The average Bonchev–Trinajstić information content (AvgIpc) is 3.14. The third-order valence-corrected chi connectivity index (χ3v) is 4.59. The van der Waals surface area contributed by atoms with E-state index in [1.165, 1.54) is 4.90 Å². The monoisotopic (exact) mass is 288 g/mol. The molecule has 4 unspecified atom stereocenters. The van der Waals surface area contributed by atoms with Crippen LogP contribution in [-0.4, -0.2) is 42.3 Å². The molecule has 4 atom stereocenters. The van der Waals surface area contributed by atoms with Gasteiger partial charge in [-0.2, -0.15) is 0 Å². The van der Waals surface area contributed by atoms with Crippen LogP contribution in [0.25, 0.3) is 0 Å². The maximum absolute atomic E-state index is 12.4. The van der Waals surface area contributed by atoms with Crippen molar-refractivity contribution in [2.45, 2.75) is 6.42 Å². The molecule has 1 saturated heterocycles. The SMILES string of the molecule is C=CCNC(N)=NCCN1C(=O)C2C3C=CC(C3)C2C1=O. The quantitative estimate of drug-likeness (QED) is 0.320. The van der Waals surface area contributed by atoms with Gasteiger partial charge >= 0.3 is 0 Å². The molecule has 2 amide bonds. The van der Waals surface area contributed by atoms with Crippen LogP contribution in [0.5, 0.6) is 0 Å². The first kappa shape index (κ1) is 13.9. The van der Waals surface area contributed by atoms with Crippen LogP contribution in [0, 0.1) is 23.7 Å². The van der Waals surface area contributed by atoms with Gasteiger partial charge in [-0.05, 0) is 18.3 Å². The second-order valence-electron chi connectivity index (χ2n) is 5.76. The van der Waals surface area contributed by atoms with Gasteiger partial charge in [-0.15, -0.1) is 6.58 Å². The maximum Gasteiger partial charge on any atom is 0.233 e. The number of imide groups is 1. The molecule has 0 aromatic heterocycles. The van der Waals surface area contributed by atoms with E-state index in [2.05, 4.69) is 29.0 Å². The van der Waals surface area contributed by atoms with E-state index in [9.17, 15) is 9.59 Å². The van der Waals surface area contributed by atoms with Crippen molar-refractivity contribution >= 4 is 17.8 Å². The summed E-state index contributed by atoms with van der Waals surface area (Å²) in [5, 5.41) is 2.86. The van der Waals surface area contributed by atoms with Crippen molar-refractivity contribution in [2.24, 2.45) is 34.4 Å². The lowest BCUT2D eigenvalue weighted by Gasteiger charge is -2.16. The Kier molecular flexibility index (Phi) is 3.53. The molecule has 2 fully saturated rings. The van der Waals surface area contributed by atoms with E-state index in [1.54, 1.807) is 6.08 Å². The molecular weight excluding hydrogens is 268 g/mol. The summed E-state index contributed by atoms with van der Waals surface area (Å²) in [5.41, 5.74) is 5.65. The molecule has 112 valence electrons. The zero-order valence-corrected chi connectivity index (χ0v) is 11.9. The van der Waals surface area contributed by atoms with Gasteiger partial charge in [0, 0.05) is 13.1 Å².